The molecule has 0 fully saturated rings. The Labute approximate surface area is 186 Å². The molecular formula is C22H20N4O5S. The van der Waals surface area contributed by atoms with Crippen LogP contribution in [0, 0.1) is 0 Å². The smallest absolute Gasteiger partial charge is 0.291 e. The normalized spacial score (nSPS) is 11.5. The molecule has 0 bridgehead atoms. The van der Waals surface area contributed by atoms with Crippen molar-refractivity contribution in [3.8, 4) is 17.2 Å². The van der Waals surface area contributed by atoms with Gasteiger partial charge in [-0.05, 0) is 42.8 Å². The summed E-state index contributed by atoms with van der Waals surface area (Å²) in [4.78, 5) is 29.2. The number of rotatable bonds is 8. The van der Waals surface area contributed by atoms with Crippen LogP contribution in [0.2, 0.25) is 0 Å². The minimum absolute atomic E-state index is 0.196. The topological polar surface area (TPSA) is 104 Å². The van der Waals surface area contributed by atoms with Crippen LogP contribution in [0.3, 0.4) is 0 Å². The van der Waals surface area contributed by atoms with E-state index in [1.54, 1.807) is 55.7 Å². The van der Waals surface area contributed by atoms with Crippen molar-refractivity contribution in [1.29, 1.82) is 0 Å². The summed E-state index contributed by atoms with van der Waals surface area (Å²) in [5.41, 5.74) is 1.14. The molecule has 0 aliphatic carbocycles. The Morgan fingerprint density at radius 2 is 2.06 bits per heavy atom. The van der Waals surface area contributed by atoms with Crippen molar-refractivity contribution in [2.24, 2.45) is 0 Å². The van der Waals surface area contributed by atoms with Gasteiger partial charge in [-0.15, -0.1) is 0 Å². The fourth-order valence-corrected chi connectivity index (χ4v) is 3.85. The maximum Gasteiger partial charge on any atom is 0.291 e. The van der Waals surface area contributed by atoms with Crippen molar-refractivity contribution >= 4 is 34.0 Å². The lowest BCUT2D eigenvalue weighted by molar-refractivity contribution is -0.118. The van der Waals surface area contributed by atoms with E-state index in [0.717, 1.165) is 5.56 Å². The molecule has 32 heavy (non-hydrogen) atoms. The third-order valence-corrected chi connectivity index (χ3v) is 5.37. The van der Waals surface area contributed by atoms with E-state index in [-0.39, 0.29) is 18.1 Å². The van der Waals surface area contributed by atoms with Gasteiger partial charge in [0.15, 0.2) is 18.1 Å². The number of carbonyl (C=O) groups is 1. The molecule has 0 radical (unpaired) electrons. The molecule has 10 heteroatoms. The van der Waals surface area contributed by atoms with Crippen molar-refractivity contribution < 1.29 is 19.0 Å². The first-order chi connectivity index (χ1) is 15.6. The lowest BCUT2D eigenvalue weighted by atomic mass is 10.2. The van der Waals surface area contributed by atoms with Crippen molar-refractivity contribution in [3.63, 3.8) is 0 Å². The maximum absolute atomic E-state index is 12.4. The number of hydrogen-bond donors (Lipinski definition) is 1. The van der Waals surface area contributed by atoms with E-state index in [2.05, 4.69) is 15.4 Å². The van der Waals surface area contributed by atoms with Gasteiger partial charge in [0.2, 0.25) is 4.96 Å². The van der Waals surface area contributed by atoms with Gasteiger partial charge in [0, 0.05) is 11.8 Å². The van der Waals surface area contributed by atoms with Crippen molar-refractivity contribution in [2.75, 3.05) is 25.6 Å². The van der Waals surface area contributed by atoms with Gasteiger partial charge in [0.1, 0.15) is 12.1 Å². The molecule has 0 aliphatic heterocycles. The van der Waals surface area contributed by atoms with Crippen LogP contribution in [0.15, 0.2) is 53.6 Å². The van der Waals surface area contributed by atoms with Crippen LogP contribution in [0.5, 0.6) is 17.2 Å². The standard InChI is InChI=1S/C22H20N4O5S/c1-3-30-18-9-14(10-19-21(28)26-22(32-19)23-13-24-26)7-8-17(18)31-12-20(27)25-15-5-4-6-16(11-15)29-2/h4-11,13H,3,12H2,1-2H3,(H,25,27)/b19-10-. The molecule has 0 saturated carbocycles. The second-order valence-corrected chi connectivity index (χ2v) is 7.59. The number of ether oxygens (including phenoxy) is 3. The Morgan fingerprint density at radius 1 is 1.19 bits per heavy atom. The maximum atomic E-state index is 12.4. The summed E-state index contributed by atoms with van der Waals surface area (Å²) in [6.07, 6.45) is 3.09. The number of hydrogen-bond acceptors (Lipinski definition) is 8. The Balaban J connectivity index is 1.49. The average Bonchev–Trinajstić information content (AvgIpc) is 3.36. The van der Waals surface area contributed by atoms with Gasteiger partial charge in [-0.3, -0.25) is 9.59 Å². The largest absolute Gasteiger partial charge is 0.497 e. The predicted octanol–water partition coefficient (Wildman–Crippen LogP) is 2.12. The SMILES string of the molecule is CCOc1cc(/C=c2\sc3ncnn3c2=O)ccc1OCC(=O)Nc1cccc(OC)c1. The first kappa shape index (κ1) is 21.3. The quantitative estimate of drug-likeness (QED) is 0.437. The van der Waals surface area contributed by atoms with Crippen molar-refractivity contribution in [3.05, 3.63) is 69.2 Å². The van der Waals surface area contributed by atoms with Crippen LogP contribution in [-0.2, 0) is 4.79 Å². The number of nitrogens with zero attached hydrogens (tertiary/aromatic N) is 3. The zero-order valence-electron chi connectivity index (χ0n) is 17.4. The first-order valence-corrected chi connectivity index (χ1v) is 10.6. The third kappa shape index (κ3) is 4.70. The second kappa shape index (κ2) is 9.48. The number of methoxy groups -OCH3 is 1. The van der Waals surface area contributed by atoms with Crippen molar-refractivity contribution in [1.82, 2.24) is 14.6 Å². The summed E-state index contributed by atoms with van der Waals surface area (Å²) in [7, 11) is 1.56. The number of anilines is 1. The first-order valence-electron chi connectivity index (χ1n) is 9.75. The summed E-state index contributed by atoms with van der Waals surface area (Å²) in [6.45, 7) is 2.07. The molecule has 4 aromatic rings. The summed E-state index contributed by atoms with van der Waals surface area (Å²) in [5.74, 6) is 1.23. The third-order valence-electron chi connectivity index (χ3n) is 4.40. The van der Waals surface area contributed by atoms with Crippen LogP contribution in [0.1, 0.15) is 12.5 Å². The van der Waals surface area contributed by atoms with Gasteiger partial charge in [-0.25, -0.2) is 4.98 Å². The lowest BCUT2D eigenvalue weighted by Crippen LogP contribution is -2.23. The zero-order valence-corrected chi connectivity index (χ0v) is 18.2. The average molecular weight is 452 g/mol. The molecule has 2 aromatic heterocycles. The number of aromatic nitrogens is 3. The molecule has 9 nitrogen and oxygen atoms in total. The highest BCUT2D eigenvalue weighted by atomic mass is 32.1. The van der Waals surface area contributed by atoms with Crippen LogP contribution in [-0.4, -0.2) is 40.8 Å². The van der Waals surface area contributed by atoms with Crippen LogP contribution < -0.4 is 29.6 Å². The number of fused-ring (bicyclic) bond motifs is 1. The Morgan fingerprint density at radius 3 is 2.84 bits per heavy atom. The molecule has 1 amide bonds. The number of benzene rings is 2. The highest BCUT2D eigenvalue weighted by Crippen LogP contribution is 2.29. The molecule has 4 rings (SSSR count). The van der Waals surface area contributed by atoms with E-state index in [0.29, 0.717) is 39.0 Å². The predicted molar refractivity (Wildman–Crippen MR) is 121 cm³/mol. The molecule has 1 N–H and O–H groups in total. The fourth-order valence-electron chi connectivity index (χ4n) is 2.97. The molecule has 0 unspecified atom stereocenters. The molecule has 0 saturated heterocycles. The summed E-state index contributed by atoms with van der Waals surface area (Å²) in [5, 5.41) is 6.68. The lowest BCUT2D eigenvalue weighted by Gasteiger charge is -2.13. The van der Waals surface area contributed by atoms with Gasteiger partial charge in [-0.1, -0.05) is 23.5 Å². The van der Waals surface area contributed by atoms with Gasteiger partial charge >= 0.3 is 0 Å². The van der Waals surface area contributed by atoms with Crippen LogP contribution >= 0.6 is 11.3 Å². The van der Waals surface area contributed by atoms with E-state index < -0.39 is 0 Å². The van der Waals surface area contributed by atoms with Gasteiger partial charge in [-0.2, -0.15) is 9.61 Å². The van der Waals surface area contributed by atoms with Gasteiger partial charge in [0.05, 0.1) is 18.2 Å². The minimum Gasteiger partial charge on any atom is -0.497 e. The molecule has 2 heterocycles. The summed E-state index contributed by atoms with van der Waals surface area (Å²) < 4.78 is 18.3. The van der Waals surface area contributed by atoms with Crippen molar-refractivity contribution in [2.45, 2.75) is 6.92 Å². The fraction of sp³-hybridized carbons (Fsp3) is 0.182. The molecule has 164 valence electrons. The highest BCUT2D eigenvalue weighted by Gasteiger charge is 2.11. The Bertz CT molecular complexity index is 1360. The van der Waals surface area contributed by atoms with Crippen LogP contribution in [0.4, 0.5) is 5.69 Å². The van der Waals surface area contributed by atoms with Crippen LogP contribution in [0.25, 0.3) is 11.0 Å². The minimum atomic E-state index is -0.318. The Hall–Kier alpha value is -3.92. The summed E-state index contributed by atoms with van der Waals surface area (Å²) in [6, 6.07) is 12.3. The van der Waals surface area contributed by atoms with E-state index in [9.17, 15) is 9.59 Å². The summed E-state index contributed by atoms with van der Waals surface area (Å²) >= 11 is 1.25. The number of thiazole rings is 1. The van der Waals surface area contributed by atoms with E-state index in [1.807, 2.05) is 6.92 Å². The number of nitrogens with one attached hydrogen (secondary N) is 1. The molecule has 0 atom stereocenters. The van der Waals surface area contributed by atoms with E-state index in [1.165, 1.54) is 22.2 Å². The van der Waals surface area contributed by atoms with E-state index >= 15 is 0 Å². The number of amides is 1. The molecule has 2 aromatic carbocycles. The zero-order chi connectivity index (χ0) is 22.5. The molecule has 0 spiro atoms. The van der Waals surface area contributed by atoms with Gasteiger partial charge < -0.3 is 19.5 Å². The second-order valence-electron chi connectivity index (χ2n) is 6.58. The van der Waals surface area contributed by atoms with E-state index in [4.69, 9.17) is 14.2 Å². The highest BCUT2D eigenvalue weighted by molar-refractivity contribution is 7.15. The number of carbonyl (C=O) groups excluding carboxylic acids is 1. The Kier molecular flexibility index (Phi) is 6.31. The molecular weight excluding hydrogens is 432 g/mol. The van der Waals surface area contributed by atoms with Gasteiger partial charge in [0.25, 0.3) is 11.5 Å². The molecule has 0 aliphatic rings. The monoisotopic (exact) mass is 452 g/mol.